The highest BCUT2D eigenvalue weighted by molar-refractivity contribution is 6.30. The maximum atomic E-state index is 12.1. The molecule has 0 fully saturated rings. The molecule has 0 spiro atoms. The van der Waals surface area contributed by atoms with Crippen LogP contribution in [0, 0.1) is 5.41 Å². The van der Waals surface area contributed by atoms with Crippen LogP contribution < -0.4 is 10.6 Å². The third kappa shape index (κ3) is 7.01. The summed E-state index contributed by atoms with van der Waals surface area (Å²) in [4.78, 5) is 24.1. The first-order valence-electron chi connectivity index (χ1n) is 7.63. The van der Waals surface area contributed by atoms with Crippen LogP contribution in [0.15, 0.2) is 24.3 Å². The summed E-state index contributed by atoms with van der Waals surface area (Å²) < 4.78 is 0. The van der Waals surface area contributed by atoms with E-state index in [2.05, 4.69) is 10.6 Å². The lowest BCUT2D eigenvalue weighted by Crippen LogP contribution is -2.47. The lowest BCUT2D eigenvalue weighted by Gasteiger charge is -2.27. The molecule has 0 radical (unpaired) electrons. The van der Waals surface area contributed by atoms with E-state index in [4.69, 9.17) is 11.6 Å². The van der Waals surface area contributed by atoms with Gasteiger partial charge in [-0.25, -0.2) is 0 Å². The van der Waals surface area contributed by atoms with E-state index in [-0.39, 0.29) is 17.2 Å². The van der Waals surface area contributed by atoms with Crippen LogP contribution in [0.1, 0.15) is 44.5 Å². The number of benzene rings is 1. The van der Waals surface area contributed by atoms with E-state index >= 15 is 0 Å². The Morgan fingerprint density at radius 3 is 2.30 bits per heavy atom. The van der Waals surface area contributed by atoms with Crippen molar-refractivity contribution in [3.05, 3.63) is 34.9 Å². The van der Waals surface area contributed by atoms with Gasteiger partial charge in [0.15, 0.2) is 0 Å². The zero-order valence-corrected chi connectivity index (χ0v) is 14.8. The molecule has 2 amide bonds. The van der Waals surface area contributed by atoms with Crippen LogP contribution in [0.3, 0.4) is 0 Å². The summed E-state index contributed by atoms with van der Waals surface area (Å²) in [6.07, 6.45) is 0.155. The van der Waals surface area contributed by atoms with E-state index in [1.54, 1.807) is 38.1 Å². The fourth-order valence-electron chi connectivity index (χ4n) is 2.30. The van der Waals surface area contributed by atoms with Gasteiger partial charge >= 0.3 is 0 Å². The molecule has 6 heteroatoms. The van der Waals surface area contributed by atoms with Crippen molar-refractivity contribution in [1.82, 2.24) is 10.6 Å². The number of halogens is 1. The number of aliphatic hydroxyl groups excluding tert-OH is 1. The molecule has 0 bridgehead atoms. The third-order valence-corrected chi connectivity index (χ3v) is 3.69. The summed E-state index contributed by atoms with van der Waals surface area (Å²) in [6, 6.07) is 5.81. The fraction of sp³-hybridized carbons (Fsp3) is 0.529. The largest absolute Gasteiger partial charge is 0.393 e. The van der Waals surface area contributed by atoms with Crippen molar-refractivity contribution in [1.29, 1.82) is 0 Å². The average Bonchev–Trinajstić information content (AvgIpc) is 2.44. The van der Waals surface area contributed by atoms with Gasteiger partial charge in [-0.2, -0.15) is 0 Å². The maximum absolute atomic E-state index is 12.1. The molecule has 2 unspecified atom stereocenters. The van der Waals surface area contributed by atoms with E-state index in [1.807, 2.05) is 13.8 Å². The Labute approximate surface area is 142 Å². The summed E-state index contributed by atoms with van der Waals surface area (Å²) >= 11 is 5.78. The van der Waals surface area contributed by atoms with E-state index in [9.17, 15) is 14.7 Å². The van der Waals surface area contributed by atoms with Crippen molar-refractivity contribution in [2.45, 2.75) is 46.3 Å². The number of hydrogen-bond acceptors (Lipinski definition) is 3. The summed E-state index contributed by atoms with van der Waals surface area (Å²) in [6.45, 7) is 7.72. The van der Waals surface area contributed by atoms with Gasteiger partial charge in [-0.1, -0.05) is 25.4 Å². The summed E-state index contributed by atoms with van der Waals surface area (Å²) in [5.74, 6) is -0.585. The van der Waals surface area contributed by atoms with E-state index < -0.39 is 12.1 Å². The molecule has 3 N–H and O–H groups in total. The highest BCUT2D eigenvalue weighted by atomic mass is 35.5. The molecule has 5 nitrogen and oxygen atoms in total. The molecule has 1 aromatic carbocycles. The Kier molecular flexibility index (Phi) is 7.03. The number of hydrogen-bond donors (Lipinski definition) is 3. The third-order valence-electron chi connectivity index (χ3n) is 3.44. The number of rotatable bonds is 7. The first kappa shape index (κ1) is 19.5. The van der Waals surface area contributed by atoms with Gasteiger partial charge in [0.25, 0.3) is 5.91 Å². The van der Waals surface area contributed by atoms with Gasteiger partial charge in [0, 0.05) is 17.1 Å². The second kappa shape index (κ2) is 8.31. The number of nitrogens with one attached hydrogen (secondary N) is 2. The van der Waals surface area contributed by atoms with Gasteiger partial charge in [-0.15, -0.1) is 0 Å². The molecule has 1 aromatic rings. The summed E-state index contributed by atoms with van der Waals surface area (Å²) in [5, 5.41) is 15.5. The second-order valence-corrected chi connectivity index (χ2v) is 7.07. The first-order valence-corrected chi connectivity index (χ1v) is 8.01. The van der Waals surface area contributed by atoms with Gasteiger partial charge in [-0.3, -0.25) is 9.59 Å². The number of aliphatic hydroxyl groups is 1. The van der Waals surface area contributed by atoms with Gasteiger partial charge in [0.1, 0.15) is 6.04 Å². The smallest absolute Gasteiger partial charge is 0.251 e. The maximum Gasteiger partial charge on any atom is 0.251 e. The Morgan fingerprint density at radius 1 is 1.22 bits per heavy atom. The summed E-state index contributed by atoms with van der Waals surface area (Å²) in [7, 11) is 0. The molecule has 0 aromatic heterocycles. The van der Waals surface area contributed by atoms with Crippen LogP contribution in [0.4, 0.5) is 0 Å². The minimum Gasteiger partial charge on any atom is -0.393 e. The standard InChI is InChI=1S/C17H25ClN2O3/c1-11(21)9-17(3,4)10-19-15(22)12(2)20-16(23)13-5-7-14(18)8-6-13/h5-8,11-12,21H,9-10H2,1-4H3,(H,19,22)(H,20,23). The number of amides is 2. The predicted molar refractivity (Wildman–Crippen MR) is 91.5 cm³/mol. The van der Waals surface area contributed by atoms with Crippen LogP contribution in [-0.2, 0) is 4.79 Å². The zero-order valence-electron chi connectivity index (χ0n) is 14.0. The molecule has 0 aliphatic heterocycles. The molecule has 0 aliphatic carbocycles. The molecule has 0 heterocycles. The highest BCUT2D eigenvalue weighted by Crippen LogP contribution is 2.21. The van der Waals surface area contributed by atoms with Crippen molar-refractivity contribution in [2.24, 2.45) is 5.41 Å². The van der Waals surface area contributed by atoms with Crippen LogP contribution in [0.25, 0.3) is 0 Å². The van der Waals surface area contributed by atoms with Crippen molar-refractivity contribution >= 4 is 23.4 Å². The number of carbonyl (C=O) groups is 2. The Hall–Kier alpha value is -1.59. The quantitative estimate of drug-likeness (QED) is 0.713. The van der Waals surface area contributed by atoms with Crippen molar-refractivity contribution in [3.8, 4) is 0 Å². The van der Waals surface area contributed by atoms with Gasteiger partial charge in [0.2, 0.25) is 5.91 Å². The van der Waals surface area contributed by atoms with E-state index in [0.29, 0.717) is 23.6 Å². The Morgan fingerprint density at radius 2 is 1.78 bits per heavy atom. The molecular formula is C17H25ClN2O3. The van der Waals surface area contributed by atoms with Crippen molar-refractivity contribution < 1.29 is 14.7 Å². The second-order valence-electron chi connectivity index (χ2n) is 6.64. The molecular weight excluding hydrogens is 316 g/mol. The van der Waals surface area contributed by atoms with Crippen molar-refractivity contribution in [2.75, 3.05) is 6.54 Å². The van der Waals surface area contributed by atoms with E-state index in [0.717, 1.165) is 0 Å². The minimum absolute atomic E-state index is 0.219. The molecule has 0 saturated carbocycles. The topological polar surface area (TPSA) is 78.4 Å². The van der Waals surface area contributed by atoms with Crippen molar-refractivity contribution in [3.63, 3.8) is 0 Å². The van der Waals surface area contributed by atoms with Crippen LogP contribution in [0.5, 0.6) is 0 Å². The molecule has 23 heavy (non-hydrogen) atoms. The van der Waals surface area contributed by atoms with Crippen LogP contribution in [-0.4, -0.2) is 35.6 Å². The fourth-order valence-corrected chi connectivity index (χ4v) is 2.42. The first-order chi connectivity index (χ1) is 10.6. The molecule has 2 atom stereocenters. The Bertz CT molecular complexity index is 541. The molecule has 1 rings (SSSR count). The lowest BCUT2D eigenvalue weighted by atomic mass is 9.87. The van der Waals surface area contributed by atoms with Gasteiger partial charge in [-0.05, 0) is 49.9 Å². The van der Waals surface area contributed by atoms with Crippen LogP contribution >= 0.6 is 11.6 Å². The average molecular weight is 341 g/mol. The minimum atomic E-state index is -0.652. The van der Waals surface area contributed by atoms with Gasteiger partial charge in [0.05, 0.1) is 6.10 Å². The monoisotopic (exact) mass is 340 g/mol. The highest BCUT2D eigenvalue weighted by Gasteiger charge is 2.23. The lowest BCUT2D eigenvalue weighted by molar-refractivity contribution is -0.123. The SMILES string of the molecule is CC(O)CC(C)(C)CNC(=O)C(C)NC(=O)c1ccc(Cl)cc1. The molecule has 0 aliphatic rings. The molecule has 128 valence electrons. The van der Waals surface area contributed by atoms with Crippen LogP contribution in [0.2, 0.25) is 5.02 Å². The zero-order chi connectivity index (χ0) is 17.6. The Balaban J connectivity index is 2.50. The molecule has 0 saturated heterocycles. The predicted octanol–water partition coefficient (Wildman–Crippen LogP) is 2.37. The summed E-state index contributed by atoms with van der Waals surface area (Å²) in [5.41, 5.74) is 0.229. The normalized spacial score (nSPS) is 14.0. The number of carbonyl (C=O) groups excluding carboxylic acids is 2. The van der Waals surface area contributed by atoms with E-state index in [1.165, 1.54) is 0 Å². The van der Waals surface area contributed by atoms with Gasteiger partial charge < -0.3 is 15.7 Å².